The molecule has 178 valence electrons. The Kier molecular flexibility index (Phi) is 11.2. The zero-order chi connectivity index (χ0) is 23.8. The van der Waals surface area contributed by atoms with Crippen molar-refractivity contribution in [3.63, 3.8) is 0 Å². The van der Waals surface area contributed by atoms with Gasteiger partial charge in [-0.25, -0.2) is 8.42 Å². The number of benzene rings is 2. The second kappa shape index (κ2) is 13.3. The first-order valence-corrected chi connectivity index (χ1v) is 12.6. The molecule has 0 spiro atoms. The van der Waals surface area contributed by atoms with Crippen LogP contribution in [-0.2, 0) is 16.4 Å². The quantitative estimate of drug-likeness (QED) is 0.516. The number of halogens is 1. The molecule has 2 N–H and O–H groups in total. The van der Waals surface area contributed by atoms with Gasteiger partial charge in [0.15, 0.2) is 6.03 Å². The summed E-state index contributed by atoms with van der Waals surface area (Å²) in [5.74, 6) is 0.0964. The molecule has 0 bridgehead atoms. The molecule has 0 radical (unpaired) electrons. The molecule has 0 atom stereocenters. The van der Waals surface area contributed by atoms with Crippen LogP contribution in [0.25, 0.3) is 4.72 Å². The monoisotopic (exact) mass is 515 g/mol. The number of ether oxygens (including phenoxy) is 1. The molecule has 1 saturated carbocycles. The van der Waals surface area contributed by atoms with E-state index in [2.05, 4.69) is 15.4 Å². The number of methoxy groups -OCH3 is 1. The third kappa shape index (κ3) is 8.16. The van der Waals surface area contributed by atoms with Crippen molar-refractivity contribution in [2.24, 2.45) is 0 Å². The fourth-order valence-corrected chi connectivity index (χ4v) is 4.74. The number of hydrogen-bond donors (Lipinski definition) is 2. The number of rotatable bonds is 8. The number of nitrogens with zero attached hydrogens (tertiary/aromatic N) is 1. The average molecular weight is 516 g/mol. The minimum atomic E-state index is -4.09. The minimum absolute atomic E-state index is 0. The summed E-state index contributed by atoms with van der Waals surface area (Å²) in [6.07, 6.45) is 5.34. The Hall–Kier alpha value is -1.78. The molecular weight excluding hydrogens is 489 g/mol. The summed E-state index contributed by atoms with van der Waals surface area (Å²) in [5.41, 5.74) is 1.15. The maximum absolute atomic E-state index is 12.4. The minimum Gasteiger partial charge on any atom is -0.496 e. The number of sulfonamides is 1. The van der Waals surface area contributed by atoms with E-state index >= 15 is 0 Å². The summed E-state index contributed by atoms with van der Waals surface area (Å²) < 4.78 is 33.4. The van der Waals surface area contributed by atoms with Crippen LogP contribution in [-0.4, -0.2) is 40.1 Å². The normalized spacial score (nSPS) is 13.9. The van der Waals surface area contributed by atoms with Crippen molar-refractivity contribution >= 4 is 33.6 Å². The standard InChI is InChI=1S/C23H28ClN3O5S.Na/c1-32-21-12-9-17(24)15-20(21)22(28)25-14-13-16-7-10-19(11-8-16)33(30,31)27-23(29)26-18-5-3-2-4-6-18;/h7-12,15,18H,2-6,13-14H2,1H3,(H3,25,26,27,28,29);/q;+1/p-1. The van der Waals surface area contributed by atoms with Gasteiger partial charge in [0.2, 0.25) is 10.0 Å². The Morgan fingerprint density at radius 3 is 2.41 bits per heavy atom. The van der Waals surface area contributed by atoms with E-state index in [-0.39, 0.29) is 46.4 Å². The van der Waals surface area contributed by atoms with Crippen LogP contribution in [0, 0.1) is 0 Å². The number of nitrogens with one attached hydrogen (secondary N) is 2. The Balaban J connectivity index is 0.00000408. The first kappa shape index (κ1) is 28.5. The van der Waals surface area contributed by atoms with Crippen molar-refractivity contribution in [1.82, 2.24) is 10.6 Å². The maximum atomic E-state index is 12.4. The number of carbonyl (C=O) groups is 2. The molecule has 0 aromatic heterocycles. The van der Waals surface area contributed by atoms with Crippen LogP contribution in [0.3, 0.4) is 0 Å². The van der Waals surface area contributed by atoms with Crippen LogP contribution in [0.2, 0.25) is 5.02 Å². The van der Waals surface area contributed by atoms with Crippen LogP contribution in [0.15, 0.2) is 47.4 Å². The van der Waals surface area contributed by atoms with E-state index in [4.69, 9.17) is 16.3 Å². The molecule has 11 heteroatoms. The van der Waals surface area contributed by atoms with Gasteiger partial charge in [-0.15, -0.1) is 0 Å². The summed E-state index contributed by atoms with van der Waals surface area (Å²) >= 11 is 5.96. The summed E-state index contributed by atoms with van der Waals surface area (Å²) in [7, 11) is -2.62. The maximum Gasteiger partial charge on any atom is 1.00 e. The molecule has 3 rings (SSSR count). The fourth-order valence-electron chi connectivity index (χ4n) is 3.71. The average Bonchev–Trinajstić information content (AvgIpc) is 2.79. The van der Waals surface area contributed by atoms with Crippen LogP contribution in [0.5, 0.6) is 5.75 Å². The largest absolute Gasteiger partial charge is 1.00 e. The molecule has 1 fully saturated rings. The molecule has 0 aliphatic heterocycles. The Morgan fingerprint density at radius 1 is 1.09 bits per heavy atom. The molecule has 1 aliphatic carbocycles. The Morgan fingerprint density at radius 2 is 1.76 bits per heavy atom. The van der Waals surface area contributed by atoms with Crippen LogP contribution in [0.1, 0.15) is 48.0 Å². The summed E-state index contributed by atoms with van der Waals surface area (Å²) in [6.45, 7) is 0.328. The second-order valence-electron chi connectivity index (χ2n) is 7.85. The van der Waals surface area contributed by atoms with Gasteiger partial charge < -0.3 is 20.1 Å². The van der Waals surface area contributed by atoms with Gasteiger partial charge in [0, 0.05) is 11.6 Å². The summed E-state index contributed by atoms with van der Waals surface area (Å²) in [4.78, 5) is 24.4. The zero-order valence-electron chi connectivity index (χ0n) is 19.3. The Labute approximate surface area is 227 Å². The summed E-state index contributed by atoms with van der Waals surface area (Å²) in [5, 5.41) is 5.90. The van der Waals surface area contributed by atoms with Gasteiger partial charge in [-0.05, 0) is 48.4 Å². The van der Waals surface area contributed by atoms with Crippen molar-refractivity contribution in [2.75, 3.05) is 13.7 Å². The first-order valence-electron chi connectivity index (χ1n) is 10.8. The first-order chi connectivity index (χ1) is 15.8. The van der Waals surface area contributed by atoms with Gasteiger partial charge in [0.25, 0.3) is 5.91 Å². The second-order valence-corrected chi connectivity index (χ2v) is 9.89. The van der Waals surface area contributed by atoms with E-state index in [1.165, 1.54) is 25.3 Å². The third-order valence-electron chi connectivity index (χ3n) is 5.46. The van der Waals surface area contributed by atoms with Crippen molar-refractivity contribution in [3.8, 4) is 5.75 Å². The van der Waals surface area contributed by atoms with Crippen molar-refractivity contribution < 1.29 is 52.3 Å². The number of carbonyl (C=O) groups excluding carboxylic acids is 2. The van der Waals surface area contributed by atoms with Gasteiger partial charge in [-0.3, -0.25) is 9.59 Å². The van der Waals surface area contributed by atoms with E-state index in [1.807, 2.05) is 0 Å². The molecule has 3 amide bonds. The van der Waals surface area contributed by atoms with E-state index in [1.54, 1.807) is 24.3 Å². The Bertz CT molecular complexity index is 1090. The van der Waals surface area contributed by atoms with Gasteiger partial charge in [0.1, 0.15) is 5.75 Å². The molecule has 1 aliphatic rings. The molecule has 0 heterocycles. The molecule has 0 unspecified atom stereocenters. The molecule has 0 saturated heterocycles. The predicted octanol–water partition coefficient (Wildman–Crippen LogP) is 1.43. The van der Waals surface area contributed by atoms with E-state index in [0.29, 0.717) is 29.3 Å². The molecule has 8 nitrogen and oxygen atoms in total. The number of urea groups is 1. The smallest absolute Gasteiger partial charge is 0.496 e. The van der Waals surface area contributed by atoms with Crippen molar-refractivity contribution in [3.05, 3.63) is 63.3 Å². The molecule has 34 heavy (non-hydrogen) atoms. The van der Waals surface area contributed by atoms with Crippen LogP contribution >= 0.6 is 11.6 Å². The van der Waals surface area contributed by atoms with Crippen molar-refractivity contribution in [2.45, 2.75) is 49.5 Å². The fraction of sp³-hybridized carbons (Fsp3) is 0.391. The topological polar surface area (TPSA) is 116 Å². The zero-order valence-corrected chi connectivity index (χ0v) is 22.9. The van der Waals surface area contributed by atoms with Gasteiger partial charge in [-0.1, -0.05) is 55.8 Å². The van der Waals surface area contributed by atoms with Crippen LogP contribution in [0.4, 0.5) is 4.79 Å². The predicted molar refractivity (Wildman–Crippen MR) is 126 cm³/mol. The number of amides is 3. The van der Waals surface area contributed by atoms with Crippen molar-refractivity contribution in [1.29, 1.82) is 0 Å². The summed E-state index contributed by atoms with van der Waals surface area (Å²) in [6, 6.07) is 10.0. The molecular formula is C23H27ClN3NaO5S. The number of hydrogen-bond acceptors (Lipinski definition) is 5. The SMILES string of the molecule is COc1ccc(Cl)cc1C(=O)NCCc1ccc(S(=O)(=O)[N-]C(=O)NC2CCCCC2)cc1.[Na+]. The third-order valence-corrected chi connectivity index (χ3v) is 6.97. The molecule has 2 aromatic carbocycles. The van der Waals surface area contributed by atoms with Crippen LogP contribution < -0.4 is 44.9 Å². The van der Waals surface area contributed by atoms with Gasteiger partial charge >= 0.3 is 29.6 Å². The van der Waals surface area contributed by atoms with Gasteiger partial charge in [-0.2, -0.15) is 0 Å². The molecule has 2 aromatic rings. The van der Waals surface area contributed by atoms with E-state index in [9.17, 15) is 18.0 Å². The van der Waals surface area contributed by atoms with Gasteiger partial charge in [0.05, 0.1) is 17.6 Å². The van der Waals surface area contributed by atoms with E-state index < -0.39 is 16.1 Å². The van der Waals surface area contributed by atoms with E-state index in [0.717, 1.165) is 37.7 Å².